The summed E-state index contributed by atoms with van der Waals surface area (Å²) < 4.78 is 10.2. The number of rotatable bonds is 8. The number of carboxylic acid groups (broad SMARTS) is 1. The highest BCUT2D eigenvalue weighted by atomic mass is 16.5. The first-order valence-corrected chi connectivity index (χ1v) is 6.27. The fraction of sp³-hybridized carbons (Fsp3) is 0.917. The van der Waals surface area contributed by atoms with Crippen molar-refractivity contribution in [1.29, 1.82) is 0 Å². The first-order chi connectivity index (χ1) is 8.53. The fourth-order valence-electron chi connectivity index (χ4n) is 2.45. The topological polar surface area (TPSA) is 85.0 Å². The third kappa shape index (κ3) is 3.91. The van der Waals surface area contributed by atoms with Gasteiger partial charge in [0.2, 0.25) is 0 Å². The molecule has 0 aromatic heterocycles. The zero-order valence-corrected chi connectivity index (χ0v) is 11.2. The van der Waals surface area contributed by atoms with Crippen LogP contribution in [0.4, 0.5) is 0 Å². The first-order valence-electron chi connectivity index (χ1n) is 6.27. The Kier molecular flexibility index (Phi) is 6.01. The molecule has 0 bridgehead atoms. The summed E-state index contributed by atoms with van der Waals surface area (Å²) in [6.07, 6.45) is 1.84. The Bertz CT molecular complexity index is 267. The van der Waals surface area contributed by atoms with Crippen LogP contribution in [-0.4, -0.2) is 68.1 Å². The van der Waals surface area contributed by atoms with E-state index in [1.54, 1.807) is 14.2 Å². The van der Waals surface area contributed by atoms with Crippen LogP contribution in [0, 0.1) is 0 Å². The van der Waals surface area contributed by atoms with E-state index < -0.39 is 11.5 Å². The third-order valence-corrected chi connectivity index (χ3v) is 3.63. The van der Waals surface area contributed by atoms with Gasteiger partial charge in [0, 0.05) is 33.4 Å². The predicted octanol–water partition coefficient (Wildman–Crippen LogP) is -0.0842. The van der Waals surface area contributed by atoms with E-state index in [0.717, 1.165) is 19.5 Å². The molecule has 0 amide bonds. The quantitative estimate of drug-likeness (QED) is 0.635. The van der Waals surface area contributed by atoms with Gasteiger partial charge in [-0.25, -0.2) is 0 Å². The van der Waals surface area contributed by atoms with E-state index in [9.17, 15) is 4.79 Å². The van der Waals surface area contributed by atoms with Crippen LogP contribution in [0.1, 0.15) is 19.3 Å². The lowest BCUT2D eigenvalue weighted by atomic mass is 9.99. The molecular weight excluding hydrogens is 236 g/mol. The third-order valence-electron chi connectivity index (χ3n) is 3.63. The standard InChI is InChI=1S/C12H24N2O4/c1-17-7-5-14(6-8-18-2)10-3-4-12(13,9-10)11(15)16/h10H,3-9,13H2,1-2H3,(H,15,16). The molecule has 0 aromatic rings. The molecule has 1 aliphatic rings. The van der Waals surface area contributed by atoms with Crippen molar-refractivity contribution < 1.29 is 19.4 Å². The zero-order valence-electron chi connectivity index (χ0n) is 11.2. The van der Waals surface area contributed by atoms with Crippen LogP contribution in [0.3, 0.4) is 0 Å². The first kappa shape index (κ1) is 15.4. The van der Waals surface area contributed by atoms with Gasteiger partial charge < -0.3 is 20.3 Å². The average Bonchev–Trinajstić information content (AvgIpc) is 2.73. The highest BCUT2D eigenvalue weighted by Crippen LogP contribution is 2.31. The number of methoxy groups -OCH3 is 2. The molecule has 18 heavy (non-hydrogen) atoms. The second-order valence-electron chi connectivity index (χ2n) is 4.88. The molecule has 0 aliphatic heterocycles. The maximum atomic E-state index is 11.1. The summed E-state index contributed by atoms with van der Waals surface area (Å²) in [4.78, 5) is 13.3. The number of carboxylic acids is 1. The summed E-state index contributed by atoms with van der Waals surface area (Å²) in [5, 5.41) is 9.13. The van der Waals surface area contributed by atoms with E-state index >= 15 is 0 Å². The van der Waals surface area contributed by atoms with Crippen molar-refractivity contribution in [3.05, 3.63) is 0 Å². The van der Waals surface area contributed by atoms with Gasteiger partial charge in [-0.2, -0.15) is 0 Å². The normalized spacial score (nSPS) is 27.9. The van der Waals surface area contributed by atoms with Crippen molar-refractivity contribution in [2.75, 3.05) is 40.5 Å². The molecule has 1 aliphatic carbocycles. The Morgan fingerprint density at radius 3 is 2.33 bits per heavy atom. The van der Waals surface area contributed by atoms with Crippen molar-refractivity contribution in [3.63, 3.8) is 0 Å². The van der Waals surface area contributed by atoms with Gasteiger partial charge in [0.25, 0.3) is 0 Å². The summed E-state index contributed by atoms with van der Waals surface area (Å²) in [7, 11) is 3.32. The van der Waals surface area contributed by atoms with E-state index in [-0.39, 0.29) is 6.04 Å². The van der Waals surface area contributed by atoms with Gasteiger partial charge in [0.1, 0.15) is 5.54 Å². The number of carbonyl (C=O) groups is 1. The van der Waals surface area contributed by atoms with Crippen LogP contribution in [0.5, 0.6) is 0 Å². The van der Waals surface area contributed by atoms with Crippen LogP contribution in [0.15, 0.2) is 0 Å². The number of nitrogens with two attached hydrogens (primary N) is 1. The van der Waals surface area contributed by atoms with Crippen molar-refractivity contribution >= 4 is 5.97 Å². The summed E-state index contributed by atoms with van der Waals surface area (Å²) in [5.41, 5.74) is 4.83. The lowest BCUT2D eigenvalue weighted by molar-refractivity contribution is -0.143. The van der Waals surface area contributed by atoms with Gasteiger partial charge in [-0.15, -0.1) is 0 Å². The van der Waals surface area contributed by atoms with Gasteiger partial charge in [-0.3, -0.25) is 9.69 Å². The van der Waals surface area contributed by atoms with Gasteiger partial charge in [-0.1, -0.05) is 0 Å². The van der Waals surface area contributed by atoms with Crippen molar-refractivity contribution in [2.45, 2.75) is 30.8 Å². The highest BCUT2D eigenvalue weighted by Gasteiger charge is 2.43. The Hall–Kier alpha value is -0.690. The summed E-state index contributed by atoms with van der Waals surface area (Å²) in [5.74, 6) is -0.900. The van der Waals surface area contributed by atoms with Gasteiger partial charge in [-0.05, 0) is 19.3 Å². The molecule has 0 spiro atoms. The molecule has 1 rings (SSSR count). The molecule has 106 valence electrons. The molecule has 0 saturated heterocycles. The van der Waals surface area contributed by atoms with Crippen molar-refractivity contribution in [3.8, 4) is 0 Å². The Labute approximate surface area is 108 Å². The molecule has 2 unspecified atom stereocenters. The summed E-state index contributed by atoms with van der Waals surface area (Å²) in [6.45, 7) is 2.82. The molecule has 1 saturated carbocycles. The minimum absolute atomic E-state index is 0.205. The zero-order chi connectivity index (χ0) is 13.6. The molecule has 6 heteroatoms. The summed E-state index contributed by atoms with van der Waals surface area (Å²) >= 11 is 0. The molecule has 0 heterocycles. The van der Waals surface area contributed by atoms with Crippen LogP contribution in [0.2, 0.25) is 0 Å². The lowest BCUT2D eigenvalue weighted by Crippen LogP contribution is -2.48. The fourth-order valence-corrected chi connectivity index (χ4v) is 2.45. The molecule has 0 aromatic carbocycles. The summed E-state index contributed by atoms with van der Waals surface area (Å²) in [6, 6.07) is 0.205. The molecule has 0 radical (unpaired) electrons. The van der Waals surface area contributed by atoms with E-state index in [2.05, 4.69) is 4.90 Å². The van der Waals surface area contributed by atoms with E-state index in [4.69, 9.17) is 20.3 Å². The number of ether oxygens (including phenoxy) is 2. The minimum atomic E-state index is -1.07. The Morgan fingerprint density at radius 2 is 1.94 bits per heavy atom. The van der Waals surface area contributed by atoms with Crippen LogP contribution in [-0.2, 0) is 14.3 Å². The molecule has 1 fully saturated rings. The molecule has 3 N–H and O–H groups in total. The predicted molar refractivity (Wildman–Crippen MR) is 67.5 cm³/mol. The molecule has 6 nitrogen and oxygen atoms in total. The molecular formula is C12H24N2O4. The smallest absolute Gasteiger partial charge is 0.323 e. The van der Waals surface area contributed by atoms with Gasteiger partial charge in [0.05, 0.1) is 13.2 Å². The van der Waals surface area contributed by atoms with E-state index in [1.165, 1.54) is 0 Å². The van der Waals surface area contributed by atoms with Gasteiger partial charge in [0.15, 0.2) is 0 Å². The minimum Gasteiger partial charge on any atom is -0.480 e. The number of aliphatic carboxylic acids is 1. The second-order valence-corrected chi connectivity index (χ2v) is 4.88. The van der Waals surface area contributed by atoms with E-state index in [0.29, 0.717) is 26.1 Å². The maximum Gasteiger partial charge on any atom is 0.323 e. The van der Waals surface area contributed by atoms with Gasteiger partial charge >= 0.3 is 5.97 Å². The van der Waals surface area contributed by atoms with Crippen LogP contribution >= 0.6 is 0 Å². The van der Waals surface area contributed by atoms with Crippen LogP contribution < -0.4 is 5.73 Å². The average molecular weight is 260 g/mol. The van der Waals surface area contributed by atoms with Crippen LogP contribution in [0.25, 0.3) is 0 Å². The number of hydrogen-bond donors (Lipinski definition) is 2. The SMILES string of the molecule is COCCN(CCOC)C1CCC(N)(C(=O)O)C1. The van der Waals surface area contributed by atoms with E-state index in [1.807, 2.05) is 0 Å². The highest BCUT2D eigenvalue weighted by molar-refractivity contribution is 5.79. The Morgan fingerprint density at radius 1 is 1.39 bits per heavy atom. The molecule has 2 atom stereocenters. The number of nitrogens with zero attached hydrogens (tertiary/aromatic N) is 1. The largest absolute Gasteiger partial charge is 0.480 e. The number of hydrogen-bond acceptors (Lipinski definition) is 5. The lowest BCUT2D eigenvalue weighted by Gasteiger charge is -2.29. The monoisotopic (exact) mass is 260 g/mol. The van der Waals surface area contributed by atoms with Crippen molar-refractivity contribution in [2.24, 2.45) is 5.73 Å². The Balaban J connectivity index is 2.55. The maximum absolute atomic E-state index is 11.1. The van der Waals surface area contributed by atoms with Crippen molar-refractivity contribution in [1.82, 2.24) is 4.90 Å². The second kappa shape index (κ2) is 7.04.